The van der Waals surface area contributed by atoms with Gasteiger partial charge in [0.05, 0.1) is 23.5 Å². The second kappa shape index (κ2) is 7.81. The van der Waals surface area contributed by atoms with Gasteiger partial charge in [0.1, 0.15) is 0 Å². The molecule has 0 radical (unpaired) electrons. The van der Waals surface area contributed by atoms with Crippen molar-refractivity contribution in [2.45, 2.75) is 12.7 Å². The maximum Gasteiger partial charge on any atom is 0.418 e. The Labute approximate surface area is 152 Å². The highest BCUT2D eigenvalue weighted by atomic mass is 19.4. The summed E-state index contributed by atoms with van der Waals surface area (Å²) in [6.45, 7) is 0.223. The third-order valence-corrected chi connectivity index (χ3v) is 3.55. The molecule has 0 saturated carbocycles. The van der Waals surface area contributed by atoms with E-state index in [1.807, 2.05) is 0 Å². The molecule has 0 atom stereocenters. The molecule has 0 bridgehead atoms. The Bertz CT molecular complexity index is 914. The number of alkyl halides is 3. The van der Waals surface area contributed by atoms with E-state index in [4.69, 9.17) is 0 Å². The molecule has 9 heteroatoms. The normalized spacial score (nSPS) is 11.1. The van der Waals surface area contributed by atoms with Crippen molar-refractivity contribution in [1.82, 2.24) is 20.5 Å². The van der Waals surface area contributed by atoms with Gasteiger partial charge in [0.25, 0.3) is 5.91 Å². The summed E-state index contributed by atoms with van der Waals surface area (Å²) in [7, 11) is 0. The van der Waals surface area contributed by atoms with Crippen molar-refractivity contribution in [3.05, 3.63) is 77.7 Å². The number of pyridine rings is 1. The van der Waals surface area contributed by atoms with E-state index >= 15 is 0 Å². The molecule has 0 unspecified atom stereocenters. The number of carbonyl (C=O) groups excluding carboxylic acids is 1. The molecule has 138 valence electrons. The van der Waals surface area contributed by atoms with Gasteiger partial charge in [-0.1, -0.05) is 18.2 Å². The van der Waals surface area contributed by atoms with Gasteiger partial charge in [0, 0.05) is 6.20 Å². The first-order valence-electron chi connectivity index (χ1n) is 7.88. The molecule has 2 N–H and O–H groups in total. The monoisotopic (exact) mass is 373 g/mol. The van der Waals surface area contributed by atoms with Crippen LogP contribution >= 0.6 is 0 Å². The molecule has 0 fully saturated rings. The lowest BCUT2D eigenvalue weighted by molar-refractivity contribution is -0.136. The second-order valence-electron chi connectivity index (χ2n) is 5.48. The number of nitrogens with zero attached hydrogens (tertiary/aromatic N) is 3. The maximum atomic E-state index is 13.0. The summed E-state index contributed by atoms with van der Waals surface area (Å²) in [5, 5.41) is 12.7. The fraction of sp³-hybridized carbons (Fsp3) is 0.111. The molecule has 2 aromatic heterocycles. The molecule has 1 amide bonds. The van der Waals surface area contributed by atoms with E-state index in [1.54, 1.807) is 24.4 Å². The van der Waals surface area contributed by atoms with Crippen molar-refractivity contribution in [2.75, 3.05) is 5.32 Å². The lowest BCUT2D eigenvalue weighted by Gasteiger charge is -2.13. The summed E-state index contributed by atoms with van der Waals surface area (Å²) in [5.41, 5.74) is -0.239. The molecule has 1 aromatic carbocycles. The Morgan fingerprint density at radius 2 is 1.74 bits per heavy atom. The van der Waals surface area contributed by atoms with Crippen LogP contribution in [0.25, 0.3) is 0 Å². The van der Waals surface area contributed by atoms with Crippen LogP contribution in [-0.4, -0.2) is 21.1 Å². The first kappa shape index (κ1) is 18.3. The largest absolute Gasteiger partial charge is 0.418 e. The summed E-state index contributed by atoms with van der Waals surface area (Å²) in [6.07, 6.45) is -2.89. The lowest BCUT2D eigenvalue weighted by Crippen LogP contribution is -2.24. The molecular weight excluding hydrogens is 359 g/mol. The average molecular weight is 373 g/mol. The van der Waals surface area contributed by atoms with E-state index in [1.165, 1.54) is 30.3 Å². The van der Waals surface area contributed by atoms with Gasteiger partial charge in [-0.15, -0.1) is 10.2 Å². The molecule has 6 nitrogen and oxygen atoms in total. The summed E-state index contributed by atoms with van der Waals surface area (Å²) in [5.74, 6) is -0.372. The first-order valence-corrected chi connectivity index (χ1v) is 7.88. The Kier molecular flexibility index (Phi) is 5.30. The number of benzene rings is 1. The zero-order valence-electron chi connectivity index (χ0n) is 13.9. The van der Waals surface area contributed by atoms with E-state index in [0.717, 1.165) is 6.07 Å². The fourth-order valence-corrected chi connectivity index (χ4v) is 2.26. The number of carbonyl (C=O) groups is 1. The molecule has 2 heterocycles. The number of rotatable bonds is 5. The SMILES string of the molecule is O=C(NCc1ccccn1)c1ccc(Nc2ccccc2C(F)(F)F)nn1. The predicted molar refractivity (Wildman–Crippen MR) is 92.2 cm³/mol. The molecule has 27 heavy (non-hydrogen) atoms. The highest BCUT2D eigenvalue weighted by molar-refractivity contribution is 5.92. The van der Waals surface area contributed by atoms with Crippen molar-refractivity contribution in [3.63, 3.8) is 0 Å². The maximum absolute atomic E-state index is 13.0. The highest BCUT2D eigenvalue weighted by Gasteiger charge is 2.33. The van der Waals surface area contributed by atoms with Gasteiger partial charge in [0.2, 0.25) is 0 Å². The van der Waals surface area contributed by atoms with Crippen LogP contribution in [0.5, 0.6) is 0 Å². The van der Waals surface area contributed by atoms with Gasteiger partial charge in [-0.2, -0.15) is 13.2 Å². The number of nitrogens with one attached hydrogen (secondary N) is 2. The van der Waals surface area contributed by atoms with Crippen LogP contribution in [0.3, 0.4) is 0 Å². The molecule has 0 aliphatic rings. The zero-order valence-corrected chi connectivity index (χ0v) is 13.9. The second-order valence-corrected chi connectivity index (χ2v) is 5.48. The number of amides is 1. The average Bonchev–Trinajstić information content (AvgIpc) is 2.67. The van der Waals surface area contributed by atoms with E-state index in [0.29, 0.717) is 5.69 Å². The Morgan fingerprint density at radius 3 is 2.41 bits per heavy atom. The minimum Gasteiger partial charge on any atom is -0.345 e. The van der Waals surface area contributed by atoms with Crippen LogP contribution in [0.4, 0.5) is 24.7 Å². The Hall–Kier alpha value is -3.49. The molecule has 0 spiro atoms. The van der Waals surface area contributed by atoms with Crippen LogP contribution in [0.15, 0.2) is 60.8 Å². The van der Waals surface area contributed by atoms with E-state index in [2.05, 4.69) is 25.8 Å². The third-order valence-electron chi connectivity index (χ3n) is 3.55. The number of hydrogen-bond donors (Lipinski definition) is 2. The number of halogens is 3. The standard InChI is InChI=1S/C18H14F3N5O/c19-18(20,21)13-6-1-2-7-14(13)24-16-9-8-15(25-26-16)17(27)23-11-12-5-3-4-10-22-12/h1-10H,11H2,(H,23,27)(H,24,26). The predicted octanol–water partition coefficient (Wildman–Crippen LogP) is 3.56. The van der Waals surface area contributed by atoms with Gasteiger partial charge in [-0.25, -0.2) is 0 Å². The third kappa shape index (κ3) is 4.78. The van der Waals surface area contributed by atoms with Gasteiger partial charge < -0.3 is 10.6 Å². The molecule has 0 aliphatic heterocycles. The van der Waals surface area contributed by atoms with Crippen LogP contribution < -0.4 is 10.6 Å². The molecule has 0 aliphatic carbocycles. The molecule has 3 rings (SSSR count). The van der Waals surface area contributed by atoms with Gasteiger partial charge in [-0.05, 0) is 36.4 Å². The van der Waals surface area contributed by atoms with E-state index in [9.17, 15) is 18.0 Å². The van der Waals surface area contributed by atoms with E-state index < -0.39 is 17.6 Å². The minimum atomic E-state index is -4.50. The van der Waals surface area contributed by atoms with Crippen LogP contribution in [0.2, 0.25) is 0 Å². The fourth-order valence-electron chi connectivity index (χ4n) is 2.26. The van der Waals surface area contributed by atoms with E-state index in [-0.39, 0.29) is 23.7 Å². The van der Waals surface area contributed by atoms with Crippen LogP contribution in [0.1, 0.15) is 21.7 Å². The Balaban J connectivity index is 1.66. The molecule has 0 saturated heterocycles. The lowest BCUT2D eigenvalue weighted by atomic mass is 10.1. The molecular formula is C18H14F3N5O. The minimum absolute atomic E-state index is 0.0422. The first-order chi connectivity index (χ1) is 12.9. The van der Waals surface area contributed by atoms with Crippen LogP contribution in [-0.2, 0) is 12.7 Å². The zero-order chi connectivity index (χ0) is 19.3. The quantitative estimate of drug-likeness (QED) is 0.715. The summed E-state index contributed by atoms with van der Waals surface area (Å²) < 4.78 is 39.0. The van der Waals surface area contributed by atoms with Gasteiger partial charge in [0.15, 0.2) is 11.5 Å². The highest BCUT2D eigenvalue weighted by Crippen LogP contribution is 2.35. The summed E-state index contributed by atoms with van der Waals surface area (Å²) >= 11 is 0. The van der Waals surface area contributed by atoms with Crippen LogP contribution in [0, 0.1) is 0 Å². The van der Waals surface area contributed by atoms with Crippen molar-refractivity contribution < 1.29 is 18.0 Å². The number of aromatic nitrogens is 3. The summed E-state index contributed by atoms with van der Waals surface area (Å²) in [6, 6.07) is 13.1. The summed E-state index contributed by atoms with van der Waals surface area (Å²) in [4.78, 5) is 16.1. The number of anilines is 2. The topological polar surface area (TPSA) is 79.8 Å². The van der Waals surface area contributed by atoms with Crippen molar-refractivity contribution >= 4 is 17.4 Å². The van der Waals surface area contributed by atoms with Crippen molar-refractivity contribution in [2.24, 2.45) is 0 Å². The van der Waals surface area contributed by atoms with Crippen molar-refractivity contribution in [1.29, 1.82) is 0 Å². The number of para-hydroxylation sites is 1. The Morgan fingerprint density at radius 1 is 0.963 bits per heavy atom. The smallest absolute Gasteiger partial charge is 0.345 e. The van der Waals surface area contributed by atoms with Gasteiger partial charge in [-0.3, -0.25) is 9.78 Å². The van der Waals surface area contributed by atoms with Crippen molar-refractivity contribution in [3.8, 4) is 0 Å². The number of hydrogen-bond acceptors (Lipinski definition) is 5. The van der Waals surface area contributed by atoms with Gasteiger partial charge >= 0.3 is 6.18 Å². The molecule has 3 aromatic rings.